The van der Waals surface area contributed by atoms with Crippen molar-refractivity contribution in [3.8, 4) is 0 Å². The second-order valence-corrected chi connectivity index (χ2v) is 5.99. The van der Waals surface area contributed by atoms with E-state index >= 15 is 0 Å². The summed E-state index contributed by atoms with van der Waals surface area (Å²) in [5.41, 5.74) is 0.537. The Bertz CT molecular complexity index is 456. The first-order valence-corrected chi connectivity index (χ1v) is 7.83. The molecule has 98 valence electrons. The van der Waals surface area contributed by atoms with Crippen LogP contribution in [-0.2, 0) is 4.74 Å². The number of alkyl halides is 1. The summed E-state index contributed by atoms with van der Waals surface area (Å²) in [6.07, 6.45) is 0.0527. The number of carbonyl (C=O) groups is 1. The van der Waals surface area contributed by atoms with Gasteiger partial charge in [-0.25, -0.2) is 0 Å². The standard InChI is InChI=1S/C12H12Br2ClNO2/c13-6-9-7-16(3-4-18-9)12(17)10-2-1-8(14)5-11(10)15/h1-2,5,9H,3-4,6-7H2. The molecule has 0 bridgehead atoms. The first kappa shape index (κ1) is 14.3. The molecule has 1 fully saturated rings. The number of halogens is 3. The smallest absolute Gasteiger partial charge is 0.255 e. The number of amides is 1. The Labute approximate surface area is 128 Å². The molecule has 1 aromatic rings. The van der Waals surface area contributed by atoms with Crippen LogP contribution < -0.4 is 0 Å². The largest absolute Gasteiger partial charge is 0.374 e. The van der Waals surface area contributed by atoms with Gasteiger partial charge in [-0.1, -0.05) is 43.5 Å². The minimum Gasteiger partial charge on any atom is -0.374 e. The van der Waals surface area contributed by atoms with Crippen molar-refractivity contribution in [3.63, 3.8) is 0 Å². The fourth-order valence-electron chi connectivity index (χ4n) is 1.83. The lowest BCUT2D eigenvalue weighted by Crippen LogP contribution is -2.46. The summed E-state index contributed by atoms with van der Waals surface area (Å²) in [6, 6.07) is 5.30. The molecule has 1 atom stereocenters. The monoisotopic (exact) mass is 395 g/mol. The second-order valence-electron chi connectivity index (χ2n) is 4.02. The van der Waals surface area contributed by atoms with Crippen molar-refractivity contribution in [1.29, 1.82) is 0 Å². The van der Waals surface area contributed by atoms with Crippen molar-refractivity contribution in [2.75, 3.05) is 25.0 Å². The third kappa shape index (κ3) is 3.26. The van der Waals surface area contributed by atoms with E-state index in [1.54, 1.807) is 17.0 Å². The van der Waals surface area contributed by atoms with Crippen molar-refractivity contribution < 1.29 is 9.53 Å². The van der Waals surface area contributed by atoms with E-state index in [1.165, 1.54) is 0 Å². The molecule has 1 aliphatic rings. The van der Waals surface area contributed by atoms with Crippen LogP contribution in [-0.4, -0.2) is 41.9 Å². The van der Waals surface area contributed by atoms with Gasteiger partial charge in [0.25, 0.3) is 5.91 Å². The Morgan fingerprint density at radius 2 is 2.33 bits per heavy atom. The molecule has 3 nitrogen and oxygen atoms in total. The Hall–Kier alpha value is -0.100. The van der Waals surface area contributed by atoms with E-state index in [0.717, 1.165) is 9.80 Å². The third-order valence-electron chi connectivity index (χ3n) is 2.76. The molecule has 1 heterocycles. The van der Waals surface area contributed by atoms with E-state index in [-0.39, 0.29) is 12.0 Å². The van der Waals surface area contributed by atoms with Gasteiger partial charge in [0.15, 0.2) is 0 Å². The zero-order valence-corrected chi connectivity index (χ0v) is 13.5. The van der Waals surface area contributed by atoms with Gasteiger partial charge in [0, 0.05) is 22.9 Å². The predicted octanol–water partition coefficient (Wildman–Crippen LogP) is 3.34. The van der Waals surface area contributed by atoms with Crippen molar-refractivity contribution >= 4 is 49.4 Å². The summed E-state index contributed by atoms with van der Waals surface area (Å²) in [6.45, 7) is 1.77. The molecule has 1 saturated heterocycles. The van der Waals surface area contributed by atoms with E-state index in [1.807, 2.05) is 6.07 Å². The van der Waals surface area contributed by atoms with Gasteiger partial charge in [-0.05, 0) is 18.2 Å². The molecule has 1 unspecified atom stereocenters. The van der Waals surface area contributed by atoms with Gasteiger partial charge < -0.3 is 9.64 Å². The number of rotatable bonds is 2. The number of morpholine rings is 1. The first-order valence-electron chi connectivity index (χ1n) is 5.53. The Morgan fingerprint density at radius 1 is 1.56 bits per heavy atom. The molecule has 2 rings (SSSR count). The normalized spacial score (nSPS) is 19.9. The summed E-state index contributed by atoms with van der Waals surface area (Å²) in [4.78, 5) is 14.1. The van der Waals surface area contributed by atoms with Gasteiger partial charge in [-0.3, -0.25) is 4.79 Å². The number of carbonyl (C=O) groups excluding carboxylic acids is 1. The lowest BCUT2D eigenvalue weighted by atomic mass is 10.2. The summed E-state index contributed by atoms with van der Waals surface area (Å²) < 4.78 is 6.38. The van der Waals surface area contributed by atoms with Gasteiger partial charge in [0.2, 0.25) is 0 Å². The van der Waals surface area contributed by atoms with Crippen molar-refractivity contribution in [2.45, 2.75) is 6.10 Å². The van der Waals surface area contributed by atoms with Gasteiger partial charge in [0.1, 0.15) is 0 Å². The number of nitrogens with zero attached hydrogens (tertiary/aromatic N) is 1. The number of hydrogen-bond donors (Lipinski definition) is 0. The Balaban J connectivity index is 2.15. The number of ether oxygens (including phenoxy) is 1. The minimum absolute atomic E-state index is 0.0400. The van der Waals surface area contributed by atoms with Gasteiger partial charge in [-0.2, -0.15) is 0 Å². The van der Waals surface area contributed by atoms with E-state index in [2.05, 4.69) is 31.9 Å². The second kappa shape index (κ2) is 6.37. The third-order valence-corrected chi connectivity index (χ3v) is 4.29. The highest BCUT2D eigenvalue weighted by molar-refractivity contribution is 9.10. The lowest BCUT2D eigenvalue weighted by molar-refractivity contribution is -0.00964. The molecule has 1 aromatic carbocycles. The maximum absolute atomic E-state index is 12.3. The first-order chi connectivity index (χ1) is 8.61. The molecular weight excluding hydrogens is 385 g/mol. The zero-order chi connectivity index (χ0) is 13.1. The van der Waals surface area contributed by atoms with Crippen LogP contribution in [0.1, 0.15) is 10.4 Å². The Kier molecular flexibility index (Phi) is 5.06. The average Bonchev–Trinajstić information content (AvgIpc) is 2.38. The molecule has 18 heavy (non-hydrogen) atoms. The van der Waals surface area contributed by atoms with Crippen LogP contribution in [0.3, 0.4) is 0 Å². The van der Waals surface area contributed by atoms with E-state index in [9.17, 15) is 4.79 Å². The van der Waals surface area contributed by atoms with Crippen LogP contribution in [0.2, 0.25) is 5.02 Å². The van der Waals surface area contributed by atoms with Crippen LogP contribution in [0.5, 0.6) is 0 Å². The van der Waals surface area contributed by atoms with Crippen molar-refractivity contribution in [3.05, 3.63) is 33.3 Å². The molecule has 0 saturated carbocycles. The fraction of sp³-hybridized carbons (Fsp3) is 0.417. The maximum atomic E-state index is 12.3. The number of benzene rings is 1. The molecule has 0 aromatic heterocycles. The van der Waals surface area contributed by atoms with E-state index < -0.39 is 0 Å². The molecule has 0 aliphatic carbocycles. The summed E-state index contributed by atoms with van der Waals surface area (Å²) in [5.74, 6) is -0.0400. The van der Waals surface area contributed by atoms with Crippen LogP contribution in [0.25, 0.3) is 0 Å². The predicted molar refractivity (Wildman–Crippen MR) is 78.6 cm³/mol. The minimum atomic E-state index is -0.0400. The SMILES string of the molecule is O=C(c1ccc(Br)cc1Cl)N1CCOC(CBr)C1. The van der Waals surface area contributed by atoms with E-state index in [4.69, 9.17) is 16.3 Å². The molecule has 1 amide bonds. The molecule has 1 aliphatic heterocycles. The summed E-state index contributed by atoms with van der Waals surface area (Å²) in [7, 11) is 0. The fourth-order valence-corrected chi connectivity index (χ4v) is 2.98. The van der Waals surface area contributed by atoms with Gasteiger partial charge in [-0.15, -0.1) is 0 Å². The highest BCUT2D eigenvalue weighted by atomic mass is 79.9. The quantitative estimate of drug-likeness (QED) is 0.717. The number of hydrogen-bond acceptors (Lipinski definition) is 2. The van der Waals surface area contributed by atoms with Gasteiger partial charge >= 0.3 is 0 Å². The van der Waals surface area contributed by atoms with Crippen LogP contribution in [0.15, 0.2) is 22.7 Å². The van der Waals surface area contributed by atoms with Gasteiger partial charge in [0.05, 0.1) is 23.3 Å². The maximum Gasteiger partial charge on any atom is 0.255 e. The average molecular weight is 397 g/mol. The zero-order valence-electron chi connectivity index (χ0n) is 9.54. The van der Waals surface area contributed by atoms with Crippen LogP contribution in [0, 0.1) is 0 Å². The van der Waals surface area contributed by atoms with Crippen molar-refractivity contribution in [2.24, 2.45) is 0 Å². The van der Waals surface area contributed by atoms with E-state index in [0.29, 0.717) is 30.3 Å². The van der Waals surface area contributed by atoms with Crippen LogP contribution in [0.4, 0.5) is 0 Å². The summed E-state index contributed by atoms with van der Waals surface area (Å²) in [5, 5.41) is 1.20. The summed E-state index contributed by atoms with van der Waals surface area (Å²) >= 11 is 12.8. The van der Waals surface area contributed by atoms with Crippen LogP contribution >= 0.6 is 43.5 Å². The topological polar surface area (TPSA) is 29.5 Å². The highest BCUT2D eigenvalue weighted by Crippen LogP contribution is 2.23. The Morgan fingerprint density at radius 3 is 3.00 bits per heavy atom. The van der Waals surface area contributed by atoms with Crippen molar-refractivity contribution in [1.82, 2.24) is 4.90 Å². The lowest BCUT2D eigenvalue weighted by Gasteiger charge is -2.32. The highest BCUT2D eigenvalue weighted by Gasteiger charge is 2.25. The molecule has 6 heteroatoms. The molecular formula is C12H12Br2ClNO2. The molecule has 0 N–H and O–H groups in total. The molecule has 0 spiro atoms. The molecule has 0 radical (unpaired) electrons.